The van der Waals surface area contributed by atoms with E-state index in [9.17, 15) is 9.59 Å². The van der Waals surface area contributed by atoms with Crippen LogP contribution in [0.2, 0.25) is 0 Å². The number of methoxy groups -OCH3 is 1. The Bertz CT molecular complexity index is 955. The van der Waals surface area contributed by atoms with Gasteiger partial charge in [0.05, 0.1) is 18.4 Å². The van der Waals surface area contributed by atoms with Gasteiger partial charge in [-0.2, -0.15) is 0 Å². The molecule has 1 N–H and O–H groups in total. The van der Waals surface area contributed by atoms with E-state index >= 15 is 0 Å². The van der Waals surface area contributed by atoms with E-state index in [2.05, 4.69) is 5.32 Å². The number of nitrogens with one attached hydrogen (secondary N) is 1. The van der Waals surface area contributed by atoms with Gasteiger partial charge in [-0.1, -0.05) is 30.3 Å². The molecule has 0 spiro atoms. The van der Waals surface area contributed by atoms with Gasteiger partial charge in [0.25, 0.3) is 5.91 Å². The standard InChI is InChI=1S/C23H21NO5/c1-27-23(26)20-9-5-6-10-21(20)24-22(25)17-11-13-19(14-12-17)29-16-15-28-18-7-3-2-4-8-18/h2-14H,15-16H2,1H3,(H,24,25). The minimum atomic E-state index is -0.512. The third-order valence-electron chi connectivity index (χ3n) is 4.06. The minimum absolute atomic E-state index is 0.293. The molecule has 0 unspecified atom stereocenters. The van der Waals surface area contributed by atoms with Crippen molar-refractivity contribution in [2.45, 2.75) is 0 Å². The molecular weight excluding hydrogens is 370 g/mol. The van der Waals surface area contributed by atoms with Gasteiger partial charge in [0.1, 0.15) is 24.7 Å². The first-order valence-corrected chi connectivity index (χ1v) is 9.07. The molecule has 3 aromatic carbocycles. The third-order valence-corrected chi connectivity index (χ3v) is 4.06. The van der Waals surface area contributed by atoms with E-state index in [0.717, 1.165) is 5.75 Å². The molecule has 6 heteroatoms. The Hall–Kier alpha value is -3.80. The Kier molecular flexibility index (Phi) is 6.84. The van der Waals surface area contributed by atoms with Crippen molar-refractivity contribution in [3.05, 3.63) is 90.0 Å². The predicted molar refractivity (Wildman–Crippen MR) is 110 cm³/mol. The minimum Gasteiger partial charge on any atom is -0.490 e. The van der Waals surface area contributed by atoms with Crippen molar-refractivity contribution in [2.75, 3.05) is 25.6 Å². The number of ether oxygens (including phenoxy) is 3. The van der Waals surface area contributed by atoms with Crippen LogP contribution in [-0.4, -0.2) is 32.2 Å². The molecule has 3 aromatic rings. The molecule has 0 heterocycles. The summed E-state index contributed by atoms with van der Waals surface area (Å²) in [5.41, 5.74) is 1.13. The van der Waals surface area contributed by atoms with Crippen molar-refractivity contribution >= 4 is 17.6 Å². The number of benzene rings is 3. The lowest BCUT2D eigenvalue weighted by Gasteiger charge is -2.11. The summed E-state index contributed by atoms with van der Waals surface area (Å²) in [5, 5.41) is 2.73. The Morgan fingerprint density at radius 1 is 0.759 bits per heavy atom. The van der Waals surface area contributed by atoms with Gasteiger partial charge in [-0.25, -0.2) is 4.79 Å². The Balaban J connectivity index is 1.53. The van der Waals surface area contributed by atoms with Gasteiger partial charge in [0.2, 0.25) is 0 Å². The third kappa shape index (κ3) is 5.59. The number of hydrogen-bond donors (Lipinski definition) is 1. The molecular formula is C23H21NO5. The maximum atomic E-state index is 12.5. The zero-order chi connectivity index (χ0) is 20.5. The molecule has 1 amide bonds. The van der Waals surface area contributed by atoms with Crippen molar-refractivity contribution in [1.29, 1.82) is 0 Å². The first-order chi connectivity index (χ1) is 14.2. The summed E-state index contributed by atoms with van der Waals surface area (Å²) in [6, 6.07) is 22.9. The van der Waals surface area contributed by atoms with E-state index in [1.165, 1.54) is 7.11 Å². The van der Waals surface area contributed by atoms with Crippen LogP contribution in [0.3, 0.4) is 0 Å². The average Bonchev–Trinajstić information content (AvgIpc) is 2.77. The second-order valence-corrected chi connectivity index (χ2v) is 6.03. The van der Waals surface area contributed by atoms with Crippen molar-refractivity contribution in [2.24, 2.45) is 0 Å². The van der Waals surface area contributed by atoms with E-state index in [0.29, 0.717) is 35.8 Å². The highest BCUT2D eigenvalue weighted by atomic mass is 16.5. The number of amides is 1. The fourth-order valence-electron chi connectivity index (χ4n) is 2.61. The van der Waals surface area contributed by atoms with Crippen LogP contribution in [0.4, 0.5) is 5.69 Å². The molecule has 0 fully saturated rings. The summed E-state index contributed by atoms with van der Waals surface area (Å²) in [6.45, 7) is 0.795. The van der Waals surface area contributed by atoms with Crippen LogP contribution >= 0.6 is 0 Å². The number of carbonyl (C=O) groups excluding carboxylic acids is 2. The van der Waals surface area contributed by atoms with Crippen molar-refractivity contribution in [1.82, 2.24) is 0 Å². The monoisotopic (exact) mass is 391 g/mol. The largest absolute Gasteiger partial charge is 0.490 e. The van der Waals surface area contributed by atoms with Crippen LogP contribution in [0.5, 0.6) is 11.5 Å². The molecule has 0 atom stereocenters. The summed E-state index contributed by atoms with van der Waals surface area (Å²) in [4.78, 5) is 24.3. The molecule has 29 heavy (non-hydrogen) atoms. The number of esters is 1. The molecule has 0 bridgehead atoms. The molecule has 148 valence electrons. The zero-order valence-electron chi connectivity index (χ0n) is 16.0. The predicted octanol–water partition coefficient (Wildman–Crippen LogP) is 4.18. The fourth-order valence-corrected chi connectivity index (χ4v) is 2.61. The maximum Gasteiger partial charge on any atom is 0.339 e. The molecule has 0 aliphatic carbocycles. The second-order valence-electron chi connectivity index (χ2n) is 6.03. The molecule has 3 rings (SSSR count). The average molecular weight is 391 g/mol. The first-order valence-electron chi connectivity index (χ1n) is 9.07. The van der Waals surface area contributed by atoms with Crippen LogP contribution in [0.25, 0.3) is 0 Å². The second kappa shape index (κ2) is 9.94. The molecule has 0 aliphatic heterocycles. The molecule has 0 saturated carbocycles. The molecule has 0 saturated heterocycles. The Morgan fingerprint density at radius 3 is 2.00 bits per heavy atom. The SMILES string of the molecule is COC(=O)c1ccccc1NC(=O)c1ccc(OCCOc2ccccc2)cc1. The molecule has 0 aromatic heterocycles. The maximum absolute atomic E-state index is 12.5. The first kappa shape index (κ1) is 19.9. The van der Waals surface area contributed by atoms with E-state index in [-0.39, 0.29) is 5.91 Å². The lowest BCUT2D eigenvalue weighted by atomic mass is 10.1. The van der Waals surface area contributed by atoms with Crippen LogP contribution in [0.1, 0.15) is 20.7 Å². The van der Waals surface area contributed by atoms with Gasteiger partial charge in [0.15, 0.2) is 0 Å². The normalized spacial score (nSPS) is 10.1. The summed E-state index contributed by atoms with van der Waals surface area (Å²) in [7, 11) is 1.30. The topological polar surface area (TPSA) is 73.9 Å². The van der Waals surface area contributed by atoms with Crippen molar-refractivity contribution in [3.8, 4) is 11.5 Å². The lowest BCUT2D eigenvalue weighted by Crippen LogP contribution is -2.15. The fraction of sp³-hybridized carbons (Fsp3) is 0.130. The van der Waals surface area contributed by atoms with Crippen LogP contribution < -0.4 is 14.8 Å². The van der Waals surface area contributed by atoms with Crippen LogP contribution in [0, 0.1) is 0 Å². The van der Waals surface area contributed by atoms with Crippen LogP contribution in [-0.2, 0) is 4.74 Å². The Morgan fingerprint density at radius 2 is 1.34 bits per heavy atom. The van der Waals surface area contributed by atoms with E-state index in [4.69, 9.17) is 14.2 Å². The molecule has 0 radical (unpaired) electrons. The van der Waals surface area contributed by atoms with Gasteiger partial charge >= 0.3 is 5.97 Å². The number of rotatable bonds is 8. The van der Waals surface area contributed by atoms with E-state index in [1.807, 2.05) is 30.3 Å². The number of carbonyl (C=O) groups is 2. The Labute approximate surface area is 169 Å². The zero-order valence-corrected chi connectivity index (χ0v) is 16.0. The molecule has 0 aliphatic rings. The summed E-state index contributed by atoms with van der Waals surface area (Å²) in [6.07, 6.45) is 0. The highest BCUT2D eigenvalue weighted by molar-refractivity contribution is 6.08. The van der Waals surface area contributed by atoms with Crippen molar-refractivity contribution in [3.63, 3.8) is 0 Å². The van der Waals surface area contributed by atoms with Crippen LogP contribution in [0.15, 0.2) is 78.9 Å². The van der Waals surface area contributed by atoms with Gasteiger partial charge in [-0.15, -0.1) is 0 Å². The summed E-state index contributed by atoms with van der Waals surface area (Å²) >= 11 is 0. The quantitative estimate of drug-likeness (QED) is 0.461. The highest BCUT2D eigenvalue weighted by Gasteiger charge is 2.14. The van der Waals surface area contributed by atoms with Crippen molar-refractivity contribution < 1.29 is 23.8 Å². The van der Waals surface area contributed by atoms with E-state index < -0.39 is 5.97 Å². The van der Waals surface area contributed by atoms with Gasteiger partial charge in [0, 0.05) is 5.56 Å². The van der Waals surface area contributed by atoms with Gasteiger partial charge in [-0.05, 0) is 48.5 Å². The summed E-state index contributed by atoms with van der Waals surface area (Å²) in [5.74, 6) is 0.575. The molecule has 6 nitrogen and oxygen atoms in total. The lowest BCUT2D eigenvalue weighted by molar-refractivity contribution is 0.0602. The number of hydrogen-bond acceptors (Lipinski definition) is 5. The van der Waals surface area contributed by atoms with Gasteiger partial charge < -0.3 is 19.5 Å². The number of anilines is 1. The van der Waals surface area contributed by atoms with E-state index in [1.54, 1.807) is 48.5 Å². The smallest absolute Gasteiger partial charge is 0.339 e. The van der Waals surface area contributed by atoms with Gasteiger partial charge in [-0.3, -0.25) is 4.79 Å². The highest BCUT2D eigenvalue weighted by Crippen LogP contribution is 2.18. The summed E-state index contributed by atoms with van der Waals surface area (Å²) < 4.78 is 15.9. The number of para-hydroxylation sites is 2.